The van der Waals surface area contributed by atoms with Crippen molar-refractivity contribution in [2.75, 3.05) is 5.32 Å². The third kappa shape index (κ3) is 4.79. The van der Waals surface area contributed by atoms with Gasteiger partial charge in [-0.3, -0.25) is 14.2 Å². The van der Waals surface area contributed by atoms with Gasteiger partial charge < -0.3 is 9.88 Å². The van der Waals surface area contributed by atoms with Crippen LogP contribution in [0.3, 0.4) is 0 Å². The second-order valence-electron chi connectivity index (χ2n) is 8.63. The number of aryl methyl sites for hydroxylation is 1. The van der Waals surface area contributed by atoms with Crippen LogP contribution in [0.2, 0.25) is 0 Å². The molecule has 0 unspecified atom stereocenters. The maximum Gasteiger partial charge on any atom is 0.333 e. The maximum atomic E-state index is 13.4. The minimum Gasteiger partial charge on any atom is -0.325 e. The van der Waals surface area contributed by atoms with Gasteiger partial charge >= 0.3 is 5.69 Å². The Morgan fingerprint density at radius 3 is 2.48 bits per heavy atom. The molecule has 0 spiro atoms. The number of fused-ring (bicyclic) bond motifs is 1. The fraction of sp³-hybridized carbons (Fsp3) is 0.280. The SMILES string of the molecule is Cc1cccc(NC(=O)Cn2c(=O)c3c(ncn3CC(C)C)n(Cc3ccccc3)c2=O)c1. The van der Waals surface area contributed by atoms with E-state index < -0.39 is 17.2 Å². The Bertz CT molecular complexity index is 1410. The van der Waals surface area contributed by atoms with E-state index in [1.54, 1.807) is 17.0 Å². The summed E-state index contributed by atoms with van der Waals surface area (Å²) in [5, 5.41) is 2.77. The summed E-state index contributed by atoms with van der Waals surface area (Å²) in [6.45, 7) is 6.44. The van der Waals surface area contributed by atoms with Gasteiger partial charge in [0.1, 0.15) is 6.54 Å². The average molecular weight is 446 g/mol. The molecular weight excluding hydrogens is 418 g/mol. The molecule has 0 radical (unpaired) electrons. The smallest absolute Gasteiger partial charge is 0.325 e. The fourth-order valence-electron chi connectivity index (χ4n) is 3.89. The first kappa shape index (κ1) is 22.3. The highest BCUT2D eigenvalue weighted by Crippen LogP contribution is 2.12. The molecule has 1 N–H and O–H groups in total. The van der Waals surface area contributed by atoms with Crippen molar-refractivity contribution in [1.29, 1.82) is 0 Å². The number of hydrogen-bond donors (Lipinski definition) is 1. The highest BCUT2D eigenvalue weighted by atomic mass is 16.2. The van der Waals surface area contributed by atoms with Gasteiger partial charge in [-0.05, 0) is 36.1 Å². The Morgan fingerprint density at radius 2 is 1.79 bits per heavy atom. The molecule has 4 aromatic rings. The molecule has 0 fully saturated rings. The molecule has 8 nitrogen and oxygen atoms in total. The average Bonchev–Trinajstić information content (AvgIpc) is 3.18. The van der Waals surface area contributed by atoms with Crippen LogP contribution in [0.1, 0.15) is 25.0 Å². The molecule has 0 aliphatic heterocycles. The topological polar surface area (TPSA) is 90.9 Å². The van der Waals surface area contributed by atoms with Crippen molar-refractivity contribution in [3.63, 3.8) is 0 Å². The number of amides is 1. The molecule has 0 aliphatic carbocycles. The normalized spacial score (nSPS) is 11.3. The van der Waals surface area contributed by atoms with Gasteiger partial charge in [0.2, 0.25) is 5.91 Å². The number of anilines is 1. The molecule has 8 heteroatoms. The third-order valence-electron chi connectivity index (χ3n) is 5.33. The Hall–Kier alpha value is -3.94. The van der Waals surface area contributed by atoms with E-state index in [4.69, 9.17) is 0 Å². The number of benzene rings is 2. The molecule has 1 amide bonds. The molecule has 2 aromatic heterocycles. The molecule has 2 heterocycles. The van der Waals surface area contributed by atoms with Gasteiger partial charge in [0.25, 0.3) is 5.56 Å². The van der Waals surface area contributed by atoms with Crippen LogP contribution in [0, 0.1) is 12.8 Å². The van der Waals surface area contributed by atoms with E-state index >= 15 is 0 Å². The standard InChI is InChI=1S/C25H27N5O3/c1-17(2)13-28-16-26-23-22(28)24(32)30(15-21(31)27-20-11-7-8-18(3)12-20)25(33)29(23)14-19-9-5-4-6-10-19/h4-12,16-17H,13-15H2,1-3H3,(H,27,31). The van der Waals surface area contributed by atoms with Crippen molar-refractivity contribution < 1.29 is 4.79 Å². The number of nitrogens with one attached hydrogen (secondary N) is 1. The number of hydrogen-bond acceptors (Lipinski definition) is 4. The van der Waals surface area contributed by atoms with E-state index in [1.807, 2.05) is 69.3 Å². The van der Waals surface area contributed by atoms with Crippen LogP contribution in [0.15, 0.2) is 70.5 Å². The van der Waals surface area contributed by atoms with Gasteiger partial charge in [-0.15, -0.1) is 0 Å². The lowest BCUT2D eigenvalue weighted by Crippen LogP contribution is -2.43. The van der Waals surface area contributed by atoms with Crippen LogP contribution in [-0.4, -0.2) is 24.6 Å². The lowest BCUT2D eigenvalue weighted by Gasteiger charge is -2.14. The van der Waals surface area contributed by atoms with Crippen molar-refractivity contribution in [2.45, 2.75) is 40.4 Å². The molecule has 0 bridgehead atoms. The molecule has 0 aliphatic rings. The van der Waals surface area contributed by atoms with Gasteiger partial charge in [-0.25, -0.2) is 14.3 Å². The summed E-state index contributed by atoms with van der Waals surface area (Å²) in [6, 6.07) is 16.8. The lowest BCUT2D eigenvalue weighted by molar-refractivity contribution is -0.116. The Kier molecular flexibility index (Phi) is 6.26. The predicted molar refractivity (Wildman–Crippen MR) is 128 cm³/mol. The monoisotopic (exact) mass is 445 g/mol. The van der Waals surface area contributed by atoms with E-state index in [0.29, 0.717) is 23.4 Å². The molecular formula is C25H27N5O3. The quantitative estimate of drug-likeness (QED) is 0.473. The van der Waals surface area contributed by atoms with Gasteiger partial charge in [0.15, 0.2) is 11.2 Å². The summed E-state index contributed by atoms with van der Waals surface area (Å²) in [4.78, 5) is 43.9. The maximum absolute atomic E-state index is 13.4. The summed E-state index contributed by atoms with van der Waals surface area (Å²) in [6.07, 6.45) is 1.59. The summed E-state index contributed by atoms with van der Waals surface area (Å²) >= 11 is 0. The van der Waals surface area contributed by atoms with E-state index in [1.165, 1.54) is 4.57 Å². The van der Waals surface area contributed by atoms with Crippen molar-refractivity contribution in [3.8, 4) is 0 Å². The molecule has 4 rings (SSSR count). The number of carbonyl (C=O) groups is 1. The molecule has 33 heavy (non-hydrogen) atoms. The van der Waals surface area contributed by atoms with Crippen LogP contribution >= 0.6 is 0 Å². The predicted octanol–water partition coefficient (Wildman–Crippen LogP) is 3.01. The van der Waals surface area contributed by atoms with Gasteiger partial charge in [0, 0.05) is 12.2 Å². The number of carbonyl (C=O) groups excluding carboxylic acids is 1. The summed E-state index contributed by atoms with van der Waals surface area (Å²) in [5.74, 6) is -0.172. The number of nitrogens with zero attached hydrogens (tertiary/aromatic N) is 4. The Balaban J connectivity index is 1.80. The zero-order chi connectivity index (χ0) is 23.5. The number of imidazole rings is 1. The summed E-state index contributed by atoms with van der Waals surface area (Å²) < 4.78 is 4.22. The highest BCUT2D eigenvalue weighted by Gasteiger charge is 2.20. The second-order valence-corrected chi connectivity index (χ2v) is 8.63. The molecule has 0 saturated heterocycles. The highest BCUT2D eigenvalue weighted by molar-refractivity contribution is 5.90. The van der Waals surface area contributed by atoms with Crippen LogP contribution < -0.4 is 16.6 Å². The lowest BCUT2D eigenvalue weighted by atomic mass is 10.2. The Labute approximate surface area is 191 Å². The third-order valence-corrected chi connectivity index (χ3v) is 5.33. The summed E-state index contributed by atoms with van der Waals surface area (Å²) in [7, 11) is 0. The minimum atomic E-state index is -0.564. The van der Waals surface area contributed by atoms with Crippen molar-refractivity contribution in [1.82, 2.24) is 18.7 Å². The molecule has 2 aromatic carbocycles. The van der Waals surface area contributed by atoms with Crippen LogP contribution in [0.25, 0.3) is 11.2 Å². The number of aromatic nitrogens is 4. The van der Waals surface area contributed by atoms with Gasteiger partial charge in [-0.2, -0.15) is 0 Å². The van der Waals surface area contributed by atoms with Crippen molar-refractivity contribution >= 4 is 22.8 Å². The van der Waals surface area contributed by atoms with Gasteiger partial charge in [-0.1, -0.05) is 56.3 Å². The minimum absolute atomic E-state index is 0.245. The first-order valence-electron chi connectivity index (χ1n) is 10.9. The van der Waals surface area contributed by atoms with Crippen molar-refractivity contribution in [3.05, 3.63) is 92.9 Å². The van der Waals surface area contributed by atoms with Crippen LogP contribution in [0.5, 0.6) is 0 Å². The Morgan fingerprint density at radius 1 is 1.03 bits per heavy atom. The van der Waals surface area contributed by atoms with Gasteiger partial charge in [0.05, 0.1) is 12.9 Å². The van der Waals surface area contributed by atoms with E-state index in [-0.39, 0.29) is 19.0 Å². The molecule has 0 saturated carbocycles. The van der Waals surface area contributed by atoms with Crippen LogP contribution in [-0.2, 0) is 24.4 Å². The zero-order valence-electron chi connectivity index (χ0n) is 19.0. The van der Waals surface area contributed by atoms with Crippen molar-refractivity contribution in [2.24, 2.45) is 5.92 Å². The zero-order valence-corrected chi connectivity index (χ0v) is 19.0. The largest absolute Gasteiger partial charge is 0.333 e. The number of rotatable bonds is 7. The fourth-order valence-corrected chi connectivity index (χ4v) is 3.89. The van der Waals surface area contributed by atoms with E-state index in [0.717, 1.165) is 15.7 Å². The first-order valence-corrected chi connectivity index (χ1v) is 10.9. The van der Waals surface area contributed by atoms with Crippen LogP contribution in [0.4, 0.5) is 5.69 Å². The van der Waals surface area contributed by atoms with E-state index in [2.05, 4.69) is 10.3 Å². The first-order chi connectivity index (χ1) is 15.8. The van der Waals surface area contributed by atoms with E-state index in [9.17, 15) is 14.4 Å². The molecule has 170 valence electrons. The summed E-state index contributed by atoms with van der Waals surface area (Å²) in [5.41, 5.74) is 2.07. The molecule has 0 atom stereocenters. The second kappa shape index (κ2) is 9.28.